The topological polar surface area (TPSA) is 77.2 Å². The Balaban J connectivity index is 0.00000261. The third-order valence-electron chi connectivity index (χ3n) is 4.43. The van der Waals surface area contributed by atoms with Crippen LogP contribution < -0.4 is 15.8 Å². The van der Waals surface area contributed by atoms with Gasteiger partial charge in [-0.1, -0.05) is 6.07 Å². The van der Waals surface area contributed by atoms with Crippen molar-refractivity contribution in [3.05, 3.63) is 47.9 Å². The van der Waals surface area contributed by atoms with Crippen LogP contribution >= 0.6 is 24.2 Å². The fraction of sp³-hybridized carbons (Fsp3) is 0.368. The van der Waals surface area contributed by atoms with E-state index < -0.39 is 5.82 Å². The molecule has 27 heavy (non-hydrogen) atoms. The summed E-state index contributed by atoms with van der Waals surface area (Å²) < 4.78 is 19.4. The Kier molecular flexibility index (Phi) is 7.89. The van der Waals surface area contributed by atoms with Crippen molar-refractivity contribution in [3.8, 4) is 11.6 Å². The maximum atomic E-state index is 13.7. The van der Waals surface area contributed by atoms with Crippen LogP contribution in [-0.2, 0) is 0 Å². The van der Waals surface area contributed by atoms with Gasteiger partial charge in [0.1, 0.15) is 17.1 Å². The molecule has 1 fully saturated rings. The predicted molar refractivity (Wildman–Crippen MR) is 107 cm³/mol. The molecule has 2 aromatic rings. The minimum absolute atomic E-state index is 0. The third kappa shape index (κ3) is 5.82. The number of rotatable bonds is 5. The van der Waals surface area contributed by atoms with Gasteiger partial charge in [0.2, 0.25) is 5.88 Å². The lowest BCUT2D eigenvalue weighted by Gasteiger charge is -2.27. The Morgan fingerprint density at radius 1 is 1.30 bits per heavy atom. The average molecular weight is 412 g/mol. The lowest BCUT2D eigenvalue weighted by atomic mass is 9.91. The summed E-state index contributed by atoms with van der Waals surface area (Å²) in [6.45, 7) is 0. The fourth-order valence-corrected chi connectivity index (χ4v) is 3.42. The number of hydrogen-bond donors (Lipinski definition) is 2. The Labute approximate surface area is 168 Å². The van der Waals surface area contributed by atoms with Crippen LogP contribution in [0.5, 0.6) is 11.6 Å². The van der Waals surface area contributed by atoms with Crippen molar-refractivity contribution in [3.63, 3.8) is 0 Å². The van der Waals surface area contributed by atoms with Crippen LogP contribution in [0.25, 0.3) is 0 Å². The number of carbonyl (C=O) groups is 1. The molecule has 1 aromatic carbocycles. The summed E-state index contributed by atoms with van der Waals surface area (Å²) >= 11 is 1.58. The van der Waals surface area contributed by atoms with Gasteiger partial charge in [-0.25, -0.2) is 9.37 Å². The Morgan fingerprint density at radius 2 is 2.04 bits per heavy atom. The molecule has 0 radical (unpaired) electrons. The zero-order chi connectivity index (χ0) is 18.5. The molecule has 1 saturated carbocycles. The summed E-state index contributed by atoms with van der Waals surface area (Å²) in [6.07, 6.45) is 6.39. The highest BCUT2D eigenvalue weighted by Gasteiger charge is 2.23. The first kappa shape index (κ1) is 21.5. The van der Waals surface area contributed by atoms with Gasteiger partial charge in [-0.15, -0.1) is 24.2 Å². The van der Waals surface area contributed by atoms with Crippen molar-refractivity contribution >= 4 is 30.1 Å². The summed E-state index contributed by atoms with van der Waals surface area (Å²) in [4.78, 5) is 17.6. The van der Waals surface area contributed by atoms with Crippen molar-refractivity contribution in [2.24, 2.45) is 5.73 Å². The van der Waals surface area contributed by atoms with Crippen molar-refractivity contribution < 1.29 is 13.9 Å². The van der Waals surface area contributed by atoms with Gasteiger partial charge in [-0.05, 0) is 56.2 Å². The van der Waals surface area contributed by atoms with Crippen LogP contribution in [0.15, 0.2) is 41.4 Å². The number of nitrogens with zero attached hydrogens (tertiary/aromatic N) is 1. The van der Waals surface area contributed by atoms with Crippen LogP contribution in [0.4, 0.5) is 4.39 Å². The van der Waals surface area contributed by atoms with Crippen LogP contribution in [0.2, 0.25) is 0 Å². The van der Waals surface area contributed by atoms with Gasteiger partial charge in [0.25, 0.3) is 5.91 Å². The van der Waals surface area contributed by atoms with Gasteiger partial charge in [0.15, 0.2) is 0 Å². The molecule has 1 aliphatic carbocycles. The van der Waals surface area contributed by atoms with E-state index >= 15 is 0 Å². The van der Waals surface area contributed by atoms with Crippen LogP contribution in [0.1, 0.15) is 36.0 Å². The minimum Gasteiger partial charge on any atom is -0.438 e. The van der Waals surface area contributed by atoms with Crippen molar-refractivity contribution in [2.45, 2.75) is 42.7 Å². The lowest BCUT2D eigenvalue weighted by molar-refractivity contribution is 0.0922. The molecule has 5 nitrogen and oxygen atoms in total. The molecular weight excluding hydrogens is 389 g/mol. The Bertz CT molecular complexity index is 785. The molecule has 1 heterocycles. The van der Waals surface area contributed by atoms with Gasteiger partial charge >= 0.3 is 0 Å². The summed E-state index contributed by atoms with van der Waals surface area (Å²) in [7, 11) is 0. The maximum Gasteiger partial charge on any atom is 0.257 e. The van der Waals surface area contributed by atoms with Gasteiger partial charge in [0, 0.05) is 17.0 Å². The number of nitrogens with one attached hydrogen (secondary N) is 1. The monoisotopic (exact) mass is 411 g/mol. The van der Waals surface area contributed by atoms with E-state index in [0.717, 1.165) is 42.8 Å². The smallest absolute Gasteiger partial charge is 0.257 e. The number of ether oxygens (including phenoxy) is 1. The number of thioether (sulfide) groups is 1. The largest absolute Gasteiger partial charge is 0.438 e. The molecular formula is C19H23ClFN3O2S. The Morgan fingerprint density at radius 3 is 2.74 bits per heavy atom. The van der Waals surface area contributed by atoms with E-state index in [2.05, 4.69) is 10.3 Å². The highest BCUT2D eigenvalue weighted by molar-refractivity contribution is 7.98. The van der Waals surface area contributed by atoms with E-state index in [4.69, 9.17) is 10.5 Å². The summed E-state index contributed by atoms with van der Waals surface area (Å²) in [6, 6.07) is 8.83. The van der Waals surface area contributed by atoms with Crippen molar-refractivity contribution in [1.82, 2.24) is 10.3 Å². The van der Waals surface area contributed by atoms with Gasteiger partial charge in [0.05, 0.1) is 6.20 Å². The molecule has 1 amide bonds. The quantitative estimate of drug-likeness (QED) is 0.722. The Hall–Kier alpha value is -1.83. The van der Waals surface area contributed by atoms with Crippen LogP contribution in [0.3, 0.4) is 0 Å². The van der Waals surface area contributed by atoms with E-state index in [-0.39, 0.29) is 41.8 Å². The van der Waals surface area contributed by atoms with E-state index in [9.17, 15) is 9.18 Å². The maximum absolute atomic E-state index is 13.7. The molecule has 0 bridgehead atoms. The molecule has 0 unspecified atom stereocenters. The first-order valence-corrected chi connectivity index (χ1v) is 9.81. The SMILES string of the molecule is CSc1cccc(Oc2ncc(F)cc2C(=O)N[C@H]2CC[C@H](N)CC2)c1.Cl. The molecule has 0 aliphatic heterocycles. The minimum atomic E-state index is -0.578. The first-order valence-electron chi connectivity index (χ1n) is 8.59. The molecule has 3 N–H and O–H groups in total. The molecule has 1 aromatic heterocycles. The highest BCUT2D eigenvalue weighted by Crippen LogP contribution is 2.27. The molecule has 0 atom stereocenters. The zero-order valence-electron chi connectivity index (χ0n) is 15.0. The van der Waals surface area contributed by atoms with Crippen molar-refractivity contribution in [1.29, 1.82) is 0 Å². The fourth-order valence-electron chi connectivity index (χ4n) is 2.97. The number of nitrogens with two attached hydrogens (primary N) is 1. The summed E-state index contributed by atoms with van der Waals surface area (Å²) in [5.41, 5.74) is 5.99. The first-order chi connectivity index (χ1) is 12.5. The van der Waals surface area contributed by atoms with Gasteiger partial charge in [-0.2, -0.15) is 0 Å². The van der Waals surface area contributed by atoms with E-state index in [1.54, 1.807) is 17.8 Å². The van der Waals surface area contributed by atoms with E-state index in [1.165, 1.54) is 0 Å². The number of hydrogen-bond acceptors (Lipinski definition) is 5. The van der Waals surface area contributed by atoms with Gasteiger partial charge < -0.3 is 15.8 Å². The number of pyridine rings is 1. The lowest BCUT2D eigenvalue weighted by Crippen LogP contribution is -2.40. The van der Waals surface area contributed by atoms with Crippen LogP contribution in [-0.4, -0.2) is 29.2 Å². The summed E-state index contributed by atoms with van der Waals surface area (Å²) in [5, 5.41) is 2.95. The number of aromatic nitrogens is 1. The summed E-state index contributed by atoms with van der Waals surface area (Å²) in [5.74, 6) is -0.317. The van der Waals surface area contributed by atoms with E-state index in [1.807, 2.05) is 24.5 Å². The third-order valence-corrected chi connectivity index (χ3v) is 5.15. The number of benzene rings is 1. The highest BCUT2D eigenvalue weighted by atomic mass is 35.5. The second kappa shape index (κ2) is 9.92. The second-order valence-corrected chi connectivity index (χ2v) is 7.25. The molecule has 3 rings (SSSR count). The standard InChI is InChI=1S/C19H22FN3O2S.ClH/c1-26-16-4-2-3-15(10-16)25-19-17(9-12(20)11-22-19)18(24)23-14-7-5-13(21)6-8-14;/h2-4,9-11,13-14H,5-8,21H2,1H3,(H,23,24);1H/t13-,14-;. The second-order valence-electron chi connectivity index (χ2n) is 6.37. The van der Waals surface area contributed by atoms with Crippen molar-refractivity contribution in [2.75, 3.05) is 6.26 Å². The zero-order valence-corrected chi connectivity index (χ0v) is 16.6. The molecule has 0 spiro atoms. The number of halogens is 2. The molecule has 0 saturated heterocycles. The molecule has 146 valence electrons. The number of amides is 1. The molecule has 1 aliphatic rings. The van der Waals surface area contributed by atoms with E-state index in [0.29, 0.717) is 5.75 Å². The van der Waals surface area contributed by atoms with Gasteiger partial charge in [-0.3, -0.25) is 4.79 Å². The number of carbonyl (C=O) groups excluding carboxylic acids is 1. The average Bonchev–Trinajstić information content (AvgIpc) is 2.65. The normalized spacial score (nSPS) is 19.1. The predicted octanol–water partition coefficient (Wildman–Crippen LogP) is 4.16. The van der Waals surface area contributed by atoms with Crippen LogP contribution in [0, 0.1) is 5.82 Å². The molecule has 8 heteroatoms.